The number of nitrogens with one attached hydrogen (secondary N) is 1. The number of rotatable bonds is 13. The lowest BCUT2D eigenvalue weighted by Crippen LogP contribution is -2.53. The van der Waals surface area contributed by atoms with Crippen molar-refractivity contribution in [3.63, 3.8) is 0 Å². The summed E-state index contributed by atoms with van der Waals surface area (Å²) in [6.45, 7) is -0.00476. The number of nitrogens with zero attached hydrogens (tertiary/aromatic N) is 2. The third-order valence-electron chi connectivity index (χ3n) is 7.88. The topological polar surface area (TPSA) is 86.8 Å². The molecule has 1 N–H and O–H groups in total. The Morgan fingerprint density at radius 1 is 0.932 bits per heavy atom. The Balaban J connectivity index is 1.62. The van der Waals surface area contributed by atoms with Crippen molar-refractivity contribution in [3.05, 3.63) is 99.8 Å². The highest BCUT2D eigenvalue weighted by Gasteiger charge is 2.33. The maximum atomic E-state index is 14.1. The normalized spacial score (nSPS) is 14.5. The first-order valence-corrected chi connectivity index (χ1v) is 17.4. The first-order chi connectivity index (χ1) is 21.0. The summed E-state index contributed by atoms with van der Waals surface area (Å²) in [6, 6.07) is 18.9. The standard InChI is InChI=1S/C33H38Cl2FN3O4S/c1-44(42,43)39(27-19-17-25(36)18-20-27)21-9-16-32(40)38(23-28-29(34)14-8-15-30(28)35)31(22-24-10-4-2-5-11-24)33(41)37-26-12-6-3-7-13-26/h2,4-5,8,10-11,14-15,17-20,26,31H,3,6-7,9,12-13,16,21-23H2,1H3,(H,37,41)/t31-/m0/s1. The predicted octanol–water partition coefficient (Wildman–Crippen LogP) is 6.77. The monoisotopic (exact) mass is 661 g/mol. The molecule has 0 aliphatic heterocycles. The summed E-state index contributed by atoms with van der Waals surface area (Å²) in [5.41, 5.74) is 1.71. The summed E-state index contributed by atoms with van der Waals surface area (Å²) in [7, 11) is -3.71. The minimum absolute atomic E-state index is 0.000674. The lowest BCUT2D eigenvalue weighted by atomic mass is 9.94. The molecule has 44 heavy (non-hydrogen) atoms. The maximum absolute atomic E-state index is 14.1. The molecule has 0 saturated heterocycles. The van der Waals surface area contributed by atoms with Crippen LogP contribution in [-0.2, 0) is 32.6 Å². The zero-order chi connectivity index (χ0) is 31.7. The van der Waals surface area contributed by atoms with Gasteiger partial charge in [0.15, 0.2) is 0 Å². The molecular formula is C33H38Cl2FN3O4S. The molecule has 0 heterocycles. The van der Waals surface area contributed by atoms with Gasteiger partial charge in [-0.2, -0.15) is 0 Å². The molecule has 3 aromatic rings. The second kappa shape index (κ2) is 15.7. The number of anilines is 1. The first-order valence-electron chi connectivity index (χ1n) is 14.8. The van der Waals surface area contributed by atoms with Crippen LogP contribution in [0.2, 0.25) is 10.0 Å². The van der Waals surface area contributed by atoms with Crippen molar-refractivity contribution < 1.29 is 22.4 Å². The van der Waals surface area contributed by atoms with Gasteiger partial charge in [0, 0.05) is 47.6 Å². The second-order valence-electron chi connectivity index (χ2n) is 11.2. The lowest BCUT2D eigenvalue weighted by Gasteiger charge is -2.34. The van der Waals surface area contributed by atoms with Crippen LogP contribution >= 0.6 is 23.2 Å². The minimum atomic E-state index is -3.71. The highest BCUT2D eigenvalue weighted by Crippen LogP contribution is 2.28. The van der Waals surface area contributed by atoms with Gasteiger partial charge in [-0.05, 0) is 61.2 Å². The van der Waals surface area contributed by atoms with Gasteiger partial charge in [-0.25, -0.2) is 12.8 Å². The number of carbonyl (C=O) groups excluding carboxylic acids is 2. The zero-order valence-corrected chi connectivity index (χ0v) is 27.1. The Morgan fingerprint density at radius 2 is 1.57 bits per heavy atom. The van der Waals surface area contributed by atoms with Crippen LogP contribution in [0.4, 0.5) is 10.1 Å². The molecule has 11 heteroatoms. The van der Waals surface area contributed by atoms with Gasteiger partial charge in [-0.1, -0.05) is 78.9 Å². The summed E-state index contributed by atoms with van der Waals surface area (Å²) in [5, 5.41) is 3.94. The third kappa shape index (κ3) is 9.43. The largest absolute Gasteiger partial charge is 0.352 e. The number of amides is 2. The molecule has 0 spiro atoms. The third-order valence-corrected chi connectivity index (χ3v) is 9.78. The van der Waals surface area contributed by atoms with Crippen LogP contribution in [-0.4, -0.2) is 50.0 Å². The number of halogens is 3. The molecule has 7 nitrogen and oxygen atoms in total. The predicted molar refractivity (Wildman–Crippen MR) is 174 cm³/mol. The fraction of sp³-hybridized carbons (Fsp3) is 0.394. The van der Waals surface area contributed by atoms with Crippen LogP contribution in [0.15, 0.2) is 72.8 Å². The lowest BCUT2D eigenvalue weighted by molar-refractivity contribution is -0.141. The van der Waals surface area contributed by atoms with E-state index in [4.69, 9.17) is 23.2 Å². The van der Waals surface area contributed by atoms with E-state index in [0.717, 1.165) is 48.2 Å². The number of sulfonamides is 1. The molecule has 0 unspecified atom stereocenters. The molecular weight excluding hydrogens is 624 g/mol. The van der Waals surface area contributed by atoms with Crippen molar-refractivity contribution in [2.75, 3.05) is 17.1 Å². The van der Waals surface area contributed by atoms with Crippen molar-refractivity contribution in [1.82, 2.24) is 10.2 Å². The summed E-state index contributed by atoms with van der Waals surface area (Å²) in [4.78, 5) is 29.5. The Kier molecular flexibility index (Phi) is 12.1. The van der Waals surface area contributed by atoms with E-state index in [-0.39, 0.29) is 50.2 Å². The van der Waals surface area contributed by atoms with Crippen LogP contribution in [0.1, 0.15) is 56.1 Å². The van der Waals surface area contributed by atoms with E-state index in [9.17, 15) is 22.4 Å². The summed E-state index contributed by atoms with van der Waals surface area (Å²) in [5.74, 6) is -1.07. The molecule has 3 aromatic carbocycles. The van der Waals surface area contributed by atoms with Crippen LogP contribution < -0.4 is 9.62 Å². The number of hydrogen-bond acceptors (Lipinski definition) is 4. The first kappa shape index (κ1) is 33.7. The van der Waals surface area contributed by atoms with Gasteiger partial charge in [0.2, 0.25) is 21.8 Å². The molecule has 1 atom stereocenters. The molecule has 1 saturated carbocycles. The van der Waals surface area contributed by atoms with Gasteiger partial charge < -0.3 is 10.2 Å². The molecule has 0 radical (unpaired) electrons. The summed E-state index contributed by atoms with van der Waals surface area (Å²) >= 11 is 13.1. The van der Waals surface area contributed by atoms with Crippen molar-refractivity contribution in [1.29, 1.82) is 0 Å². The second-order valence-corrected chi connectivity index (χ2v) is 13.9. The van der Waals surface area contributed by atoms with Gasteiger partial charge >= 0.3 is 0 Å². The summed E-state index contributed by atoms with van der Waals surface area (Å²) < 4.78 is 39.8. The zero-order valence-electron chi connectivity index (χ0n) is 24.7. The smallest absolute Gasteiger partial charge is 0.243 e. The molecule has 0 bridgehead atoms. The number of carbonyl (C=O) groups is 2. The molecule has 4 rings (SSSR count). The average molecular weight is 663 g/mol. The van der Waals surface area contributed by atoms with Gasteiger partial charge in [-0.3, -0.25) is 13.9 Å². The van der Waals surface area contributed by atoms with Gasteiger partial charge in [0.1, 0.15) is 11.9 Å². The quantitative estimate of drug-likeness (QED) is 0.219. The van der Waals surface area contributed by atoms with E-state index in [0.29, 0.717) is 21.3 Å². The van der Waals surface area contributed by atoms with E-state index in [1.807, 2.05) is 30.3 Å². The van der Waals surface area contributed by atoms with Crippen LogP contribution in [0.3, 0.4) is 0 Å². The number of hydrogen-bond donors (Lipinski definition) is 1. The fourth-order valence-electron chi connectivity index (χ4n) is 5.56. The van der Waals surface area contributed by atoms with E-state index in [1.54, 1.807) is 18.2 Å². The molecule has 0 aromatic heterocycles. The fourth-order valence-corrected chi connectivity index (χ4v) is 7.05. The molecule has 2 amide bonds. The van der Waals surface area contributed by atoms with Crippen LogP contribution in [0, 0.1) is 5.82 Å². The van der Waals surface area contributed by atoms with E-state index >= 15 is 0 Å². The van der Waals surface area contributed by atoms with Gasteiger partial charge in [-0.15, -0.1) is 0 Å². The Hall–Kier alpha value is -3.14. The van der Waals surface area contributed by atoms with Crippen LogP contribution in [0.5, 0.6) is 0 Å². The van der Waals surface area contributed by atoms with Crippen molar-refractivity contribution in [2.45, 2.75) is 70.0 Å². The number of benzene rings is 3. The highest BCUT2D eigenvalue weighted by molar-refractivity contribution is 7.92. The Labute approximate surface area is 269 Å². The van der Waals surface area contributed by atoms with Gasteiger partial charge in [0.05, 0.1) is 11.9 Å². The minimum Gasteiger partial charge on any atom is -0.352 e. The Bertz CT molecular complexity index is 1500. The molecule has 1 fully saturated rings. The van der Waals surface area contributed by atoms with E-state index in [1.165, 1.54) is 29.2 Å². The summed E-state index contributed by atoms with van der Waals surface area (Å²) in [6.07, 6.45) is 6.45. The van der Waals surface area contributed by atoms with Crippen molar-refractivity contribution in [2.24, 2.45) is 0 Å². The SMILES string of the molecule is CS(=O)(=O)N(CCCC(=O)N(Cc1c(Cl)cccc1Cl)[C@@H](Cc1ccccc1)C(=O)NC1CCCCC1)c1ccc(F)cc1. The van der Waals surface area contributed by atoms with E-state index < -0.39 is 21.9 Å². The van der Waals surface area contributed by atoms with Crippen molar-refractivity contribution in [3.8, 4) is 0 Å². The maximum Gasteiger partial charge on any atom is 0.243 e. The molecule has 1 aliphatic carbocycles. The average Bonchev–Trinajstić information content (AvgIpc) is 2.99. The van der Waals surface area contributed by atoms with E-state index in [2.05, 4.69) is 5.32 Å². The van der Waals surface area contributed by atoms with Crippen LogP contribution in [0.25, 0.3) is 0 Å². The van der Waals surface area contributed by atoms with Crippen molar-refractivity contribution >= 4 is 50.7 Å². The van der Waals surface area contributed by atoms with Gasteiger partial charge in [0.25, 0.3) is 0 Å². The Morgan fingerprint density at radius 3 is 2.18 bits per heavy atom. The highest BCUT2D eigenvalue weighted by atomic mass is 35.5. The molecule has 1 aliphatic rings. The molecule has 236 valence electrons.